The quantitative estimate of drug-likeness (QED) is 0.593. The third-order valence-electron chi connectivity index (χ3n) is 3.40. The predicted octanol–water partition coefficient (Wildman–Crippen LogP) is 2.47. The van der Waals surface area contributed by atoms with Crippen molar-refractivity contribution in [3.8, 4) is 11.5 Å². The average Bonchev–Trinajstić information content (AvgIpc) is 2.65. The lowest BCUT2D eigenvalue weighted by atomic mass is 10.2. The first kappa shape index (κ1) is 19.7. The predicted molar refractivity (Wildman–Crippen MR) is 96.8 cm³/mol. The Morgan fingerprint density at radius 2 is 1.63 bits per heavy atom. The minimum Gasteiger partial charge on any atom is -0.493 e. The standard InChI is InChI=1S/C18H19N3O6/c1-11(2)27-15-8-7-13(10-16(15)26-3)18(23)20-19-17(22)12-5-4-6-14(9-12)21(24)25/h4-11H,1-3H3,(H,19,22)(H,20,23). The molecule has 0 saturated heterocycles. The molecule has 0 fully saturated rings. The van der Waals surface area contributed by atoms with E-state index in [2.05, 4.69) is 10.9 Å². The van der Waals surface area contributed by atoms with E-state index in [0.29, 0.717) is 11.5 Å². The van der Waals surface area contributed by atoms with E-state index >= 15 is 0 Å². The lowest BCUT2D eigenvalue weighted by molar-refractivity contribution is -0.384. The molecule has 0 aromatic heterocycles. The van der Waals surface area contributed by atoms with Crippen LogP contribution in [0.3, 0.4) is 0 Å². The van der Waals surface area contributed by atoms with Gasteiger partial charge in [-0.1, -0.05) is 6.07 Å². The van der Waals surface area contributed by atoms with Gasteiger partial charge in [0.1, 0.15) is 0 Å². The van der Waals surface area contributed by atoms with Gasteiger partial charge >= 0.3 is 0 Å². The second-order valence-electron chi connectivity index (χ2n) is 5.75. The minimum atomic E-state index is -0.682. The molecule has 0 radical (unpaired) electrons. The number of rotatable bonds is 6. The van der Waals surface area contributed by atoms with Crippen molar-refractivity contribution < 1.29 is 24.0 Å². The molecule has 2 aromatic carbocycles. The summed E-state index contributed by atoms with van der Waals surface area (Å²) in [5, 5.41) is 10.8. The molecule has 2 amide bonds. The molecule has 2 rings (SSSR count). The summed E-state index contributed by atoms with van der Waals surface area (Å²) in [5.41, 5.74) is 4.53. The Labute approximate surface area is 155 Å². The van der Waals surface area contributed by atoms with Crippen molar-refractivity contribution in [1.29, 1.82) is 0 Å². The molecule has 27 heavy (non-hydrogen) atoms. The molecule has 0 heterocycles. The fraction of sp³-hybridized carbons (Fsp3) is 0.222. The first-order valence-corrected chi connectivity index (χ1v) is 8.01. The van der Waals surface area contributed by atoms with Gasteiger partial charge in [0.2, 0.25) is 0 Å². The third kappa shape index (κ3) is 5.18. The van der Waals surface area contributed by atoms with Crippen molar-refractivity contribution in [3.63, 3.8) is 0 Å². The van der Waals surface area contributed by atoms with Crippen molar-refractivity contribution in [1.82, 2.24) is 10.9 Å². The summed E-state index contributed by atoms with van der Waals surface area (Å²) in [7, 11) is 1.45. The Balaban J connectivity index is 2.06. The van der Waals surface area contributed by atoms with Gasteiger partial charge in [0.05, 0.1) is 18.1 Å². The molecule has 0 saturated carbocycles. The maximum Gasteiger partial charge on any atom is 0.270 e. The molecule has 0 aliphatic carbocycles. The van der Waals surface area contributed by atoms with Crippen molar-refractivity contribution >= 4 is 17.5 Å². The van der Waals surface area contributed by atoms with E-state index < -0.39 is 16.7 Å². The van der Waals surface area contributed by atoms with Gasteiger partial charge in [0, 0.05) is 23.3 Å². The highest BCUT2D eigenvalue weighted by Crippen LogP contribution is 2.28. The van der Waals surface area contributed by atoms with E-state index in [1.165, 1.54) is 37.4 Å². The highest BCUT2D eigenvalue weighted by Gasteiger charge is 2.15. The molecular formula is C18H19N3O6. The van der Waals surface area contributed by atoms with Crippen molar-refractivity contribution in [2.45, 2.75) is 20.0 Å². The van der Waals surface area contributed by atoms with E-state index in [-0.39, 0.29) is 22.9 Å². The number of benzene rings is 2. The number of hydrogen-bond donors (Lipinski definition) is 2. The minimum absolute atomic E-state index is 0.0442. The Morgan fingerprint density at radius 3 is 2.19 bits per heavy atom. The van der Waals surface area contributed by atoms with Gasteiger partial charge in [-0.15, -0.1) is 0 Å². The van der Waals surface area contributed by atoms with E-state index in [0.717, 1.165) is 6.07 Å². The Bertz CT molecular complexity index is 866. The number of amides is 2. The summed E-state index contributed by atoms with van der Waals surface area (Å²) in [4.78, 5) is 34.4. The van der Waals surface area contributed by atoms with E-state index in [1.54, 1.807) is 6.07 Å². The number of hydrazine groups is 1. The van der Waals surface area contributed by atoms with Crippen LogP contribution in [-0.4, -0.2) is 30.0 Å². The molecule has 9 heteroatoms. The first-order valence-electron chi connectivity index (χ1n) is 8.01. The fourth-order valence-electron chi connectivity index (χ4n) is 2.18. The number of nitro groups is 1. The summed E-state index contributed by atoms with van der Waals surface area (Å²) in [5.74, 6) is -0.395. The second-order valence-corrected chi connectivity index (χ2v) is 5.75. The van der Waals surface area contributed by atoms with Crippen LogP contribution >= 0.6 is 0 Å². The number of carbonyl (C=O) groups excluding carboxylic acids is 2. The third-order valence-corrected chi connectivity index (χ3v) is 3.40. The Hall–Kier alpha value is -3.62. The molecule has 0 spiro atoms. The largest absolute Gasteiger partial charge is 0.493 e. The zero-order chi connectivity index (χ0) is 20.0. The van der Waals surface area contributed by atoms with Crippen LogP contribution in [0.15, 0.2) is 42.5 Å². The van der Waals surface area contributed by atoms with Crippen molar-refractivity contribution in [3.05, 3.63) is 63.7 Å². The molecule has 142 valence electrons. The van der Waals surface area contributed by atoms with Crippen LogP contribution in [0.4, 0.5) is 5.69 Å². The molecule has 0 unspecified atom stereocenters. The molecule has 0 aliphatic heterocycles. The normalized spacial score (nSPS) is 10.2. The number of carbonyl (C=O) groups is 2. The van der Waals surface area contributed by atoms with Crippen LogP contribution in [0.25, 0.3) is 0 Å². The number of non-ortho nitro benzene ring substituents is 1. The maximum atomic E-state index is 12.2. The van der Waals surface area contributed by atoms with E-state index in [1.807, 2.05) is 13.8 Å². The van der Waals surface area contributed by atoms with Crippen LogP contribution in [0, 0.1) is 10.1 Å². The summed E-state index contributed by atoms with van der Waals surface area (Å²) < 4.78 is 10.8. The monoisotopic (exact) mass is 373 g/mol. The van der Waals surface area contributed by atoms with Gasteiger partial charge in [-0.25, -0.2) is 0 Å². The molecule has 2 N–H and O–H groups in total. The smallest absolute Gasteiger partial charge is 0.270 e. The van der Waals surface area contributed by atoms with E-state index in [4.69, 9.17) is 9.47 Å². The molecule has 0 bridgehead atoms. The highest BCUT2D eigenvalue weighted by atomic mass is 16.6. The van der Waals surface area contributed by atoms with Gasteiger partial charge in [-0.05, 0) is 38.1 Å². The van der Waals surface area contributed by atoms with Crippen molar-refractivity contribution in [2.24, 2.45) is 0 Å². The van der Waals surface area contributed by atoms with Gasteiger partial charge in [0.25, 0.3) is 17.5 Å². The number of nitrogens with one attached hydrogen (secondary N) is 2. The lowest BCUT2D eigenvalue weighted by Crippen LogP contribution is -2.41. The van der Waals surface area contributed by atoms with Crippen LogP contribution in [0.2, 0.25) is 0 Å². The van der Waals surface area contributed by atoms with E-state index in [9.17, 15) is 19.7 Å². The molecule has 2 aromatic rings. The average molecular weight is 373 g/mol. The topological polar surface area (TPSA) is 120 Å². The molecular weight excluding hydrogens is 354 g/mol. The number of nitrogens with zero attached hydrogens (tertiary/aromatic N) is 1. The van der Waals surface area contributed by atoms with Gasteiger partial charge < -0.3 is 9.47 Å². The fourth-order valence-corrected chi connectivity index (χ4v) is 2.18. The summed E-state index contributed by atoms with van der Waals surface area (Å²) in [6, 6.07) is 9.76. The van der Waals surface area contributed by atoms with Gasteiger partial charge in [0.15, 0.2) is 11.5 Å². The number of ether oxygens (including phenoxy) is 2. The zero-order valence-electron chi connectivity index (χ0n) is 15.0. The summed E-state index contributed by atoms with van der Waals surface area (Å²) >= 11 is 0. The Morgan fingerprint density at radius 1 is 1.00 bits per heavy atom. The maximum absolute atomic E-state index is 12.2. The molecule has 0 aliphatic rings. The van der Waals surface area contributed by atoms with Crippen LogP contribution in [0.5, 0.6) is 11.5 Å². The first-order chi connectivity index (χ1) is 12.8. The van der Waals surface area contributed by atoms with Crippen LogP contribution in [-0.2, 0) is 0 Å². The Kier molecular flexibility index (Phi) is 6.32. The molecule has 9 nitrogen and oxygen atoms in total. The van der Waals surface area contributed by atoms with Gasteiger partial charge in [-0.3, -0.25) is 30.6 Å². The number of nitro benzene ring substituents is 1. The molecule has 0 atom stereocenters. The summed E-state index contributed by atoms with van der Waals surface area (Å²) in [6.45, 7) is 3.73. The number of hydrogen-bond acceptors (Lipinski definition) is 6. The van der Waals surface area contributed by atoms with Crippen molar-refractivity contribution in [2.75, 3.05) is 7.11 Å². The second kappa shape index (κ2) is 8.65. The highest BCUT2D eigenvalue weighted by molar-refractivity contribution is 5.99. The van der Waals surface area contributed by atoms with Gasteiger partial charge in [-0.2, -0.15) is 0 Å². The van der Waals surface area contributed by atoms with Crippen LogP contribution < -0.4 is 20.3 Å². The lowest BCUT2D eigenvalue weighted by Gasteiger charge is -2.14. The SMILES string of the molecule is COc1cc(C(=O)NNC(=O)c2cccc([N+](=O)[O-])c2)ccc1OC(C)C. The van der Waals surface area contributed by atoms with Crippen LogP contribution in [0.1, 0.15) is 34.6 Å². The zero-order valence-corrected chi connectivity index (χ0v) is 15.0. The number of methoxy groups -OCH3 is 1. The summed E-state index contributed by atoms with van der Waals surface area (Å²) in [6.07, 6.45) is -0.0622.